The molecule has 0 spiro atoms. The number of hydrogen-bond donors (Lipinski definition) is 0. The second kappa shape index (κ2) is 6.42. The van der Waals surface area contributed by atoms with Gasteiger partial charge in [-0.3, -0.25) is 0 Å². The zero-order chi connectivity index (χ0) is 15.3. The Morgan fingerprint density at radius 1 is 1.10 bits per heavy atom. The third-order valence-electron chi connectivity index (χ3n) is 3.05. The van der Waals surface area contributed by atoms with Crippen LogP contribution < -0.4 is 4.74 Å². The first-order chi connectivity index (χ1) is 10.0. The number of aryl methyl sites for hydroxylation is 1. The van der Waals surface area contributed by atoms with Gasteiger partial charge in [0, 0.05) is 0 Å². The zero-order valence-corrected chi connectivity index (χ0v) is 12.4. The van der Waals surface area contributed by atoms with Gasteiger partial charge in [0.1, 0.15) is 18.4 Å². The number of para-hydroxylation sites is 1. The van der Waals surface area contributed by atoms with Gasteiger partial charge in [0.25, 0.3) is 0 Å². The highest BCUT2D eigenvalue weighted by Crippen LogP contribution is 2.18. The van der Waals surface area contributed by atoms with E-state index in [1.54, 1.807) is 55.5 Å². The average molecular weight is 301 g/mol. The third kappa shape index (κ3) is 3.61. The first-order valence-electron chi connectivity index (χ1n) is 6.45. The fraction of sp³-hybridized carbons (Fsp3) is 0.188. The van der Waals surface area contributed by atoms with Gasteiger partial charge in [0.2, 0.25) is 0 Å². The molecule has 21 heavy (non-hydrogen) atoms. The largest absolute Gasteiger partial charge is 0.491 e. The number of rotatable bonds is 5. The maximum Gasteiger partial charge on any atom is 0.181 e. The van der Waals surface area contributed by atoms with Gasteiger partial charge in [-0.1, -0.05) is 30.3 Å². The molecule has 0 radical (unpaired) electrons. The normalized spacial score (nSPS) is 10.9. The first-order valence-corrected chi connectivity index (χ1v) is 8.10. The summed E-state index contributed by atoms with van der Waals surface area (Å²) in [6.07, 6.45) is 0. The van der Waals surface area contributed by atoms with E-state index in [-0.39, 0.29) is 12.4 Å². The van der Waals surface area contributed by atoms with Crippen molar-refractivity contribution in [2.75, 3.05) is 12.4 Å². The summed E-state index contributed by atoms with van der Waals surface area (Å²) in [5.74, 6) is 0.275. The van der Waals surface area contributed by atoms with Gasteiger partial charge in [-0.05, 0) is 30.7 Å². The van der Waals surface area contributed by atoms with Crippen LogP contribution in [-0.4, -0.2) is 20.8 Å². The van der Waals surface area contributed by atoms with E-state index in [1.807, 2.05) is 6.07 Å². The van der Waals surface area contributed by atoms with E-state index in [0.717, 1.165) is 5.56 Å². The minimum atomic E-state index is -3.39. The molecule has 0 amide bonds. The lowest BCUT2D eigenvalue weighted by Gasteiger charge is -2.09. The van der Waals surface area contributed by atoms with Crippen molar-refractivity contribution in [3.05, 3.63) is 59.7 Å². The Kier molecular flexibility index (Phi) is 4.61. The molecule has 0 unspecified atom stereocenters. The molecule has 108 valence electrons. The highest BCUT2D eigenvalue weighted by atomic mass is 32.2. The number of sulfone groups is 1. The molecule has 5 heteroatoms. The highest BCUT2D eigenvalue weighted by Gasteiger charge is 2.16. The van der Waals surface area contributed by atoms with Crippen LogP contribution in [0.3, 0.4) is 0 Å². The second-order valence-electron chi connectivity index (χ2n) is 4.54. The topological polar surface area (TPSA) is 67.2 Å². The van der Waals surface area contributed by atoms with Gasteiger partial charge < -0.3 is 4.74 Å². The molecule has 2 rings (SSSR count). The number of benzene rings is 2. The predicted octanol–water partition coefficient (Wildman–Crippen LogP) is 2.72. The van der Waals surface area contributed by atoms with Crippen molar-refractivity contribution in [1.82, 2.24) is 0 Å². The van der Waals surface area contributed by atoms with Crippen LogP contribution in [-0.2, 0) is 9.84 Å². The van der Waals surface area contributed by atoms with Crippen LogP contribution in [0.5, 0.6) is 5.75 Å². The summed E-state index contributed by atoms with van der Waals surface area (Å²) < 4.78 is 29.9. The molecule has 0 bridgehead atoms. The fourth-order valence-corrected chi connectivity index (χ4v) is 3.33. The van der Waals surface area contributed by atoms with Crippen molar-refractivity contribution in [3.63, 3.8) is 0 Å². The van der Waals surface area contributed by atoms with E-state index in [2.05, 4.69) is 0 Å². The van der Waals surface area contributed by atoms with Gasteiger partial charge in [-0.2, -0.15) is 5.26 Å². The summed E-state index contributed by atoms with van der Waals surface area (Å²) in [7, 11) is -3.39. The second-order valence-corrected chi connectivity index (χ2v) is 6.62. The van der Waals surface area contributed by atoms with E-state index in [0.29, 0.717) is 16.2 Å². The van der Waals surface area contributed by atoms with E-state index < -0.39 is 9.84 Å². The molecular weight excluding hydrogens is 286 g/mol. The summed E-state index contributed by atoms with van der Waals surface area (Å²) in [6.45, 7) is 1.77. The van der Waals surface area contributed by atoms with E-state index in [1.165, 1.54) is 0 Å². The van der Waals surface area contributed by atoms with Crippen molar-refractivity contribution in [1.29, 1.82) is 5.26 Å². The van der Waals surface area contributed by atoms with Crippen LogP contribution in [0.4, 0.5) is 0 Å². The molecule has 0 aliphatic carbocycles. The maximum atomic E-state index is 12.3. The van der Waals surface area contributed by atoms with Gasteiger partial charge in [0.15, 0.2) is 9.84 Å². The standard InChI is InChI=1S/C16H15NO3S/c1-13-6-2-5-9-16(13)21(18,19)11-10-20-15-8-4-3-7-14(15)12-17/h2-9H,10-11H2,1H3. The van der Waals surface area contributed by atoms with Crippen LogP contribution in [0.25, 0.3) is 0 Å². The van der Waals surface area contributed by atoms with Crippen LogP contribution in [0.1, 0.15) is 11.1 Å². The van der Waals surface area contributed by atoms with Crippen molar-refractivity contribution in [2.24, 2.45) is 0 Å². The Labute approximate surface area is 124 Å². The summed E-state index contributed by atoms with van der Waals surface area (Å²) in [6, 6.07) is 15.6. The SMILES string of the molecule is Cc1ccccc1S(=O)(=O)CCOc1ccccc1C#N. The van der Waals surface area contributed by atoms with Crippen LogP contribution in [0.15, 0.2) is 53.4 Å². The molecule has 0 aliphatic rings. The van der Waals surface area contributed by atoms with E-state index in [9.17, 15) is 8.42 Å². The Balaban J connectivity index is 2.07. The van der Waals surface area contributed by atoms with Crippen LogP contribution >= 0.6 is 0 Å². The molecule has 0 fully saturated rings. The highest BCUT2D eigenvalue weighted by molar-refractivity contribution is 7.91. The molecule has 0 N–H and O–H groups in total. The quantitative estimate of drug-likeness (QED) is 0.851. The number of hydrogen-bond acceptors (Lipinski definition) is 4. The predicted molar refractivity (Wildman–Crippen MR) is 79.9 cm³/mol. The van der Waals surface area contributed by atoms with Crippen molar-refractivity contribution in [2.45, 2.75) is 11.8 Å². The smallest absolute Gasteiger partial charge is 0.181 e. The van der Waals surface area contributed by atoms with Gasteiger partial charge in [-0.25, -0.2) is 8.42 Å². The summed E-state index contributed by atoms with van der Waals surface area (Å²) in [5.41, 5.74) is 1.11. The Bertz CT molecular complexity index is 776. The van der Waals surface area contributed by atoms with Crippen LogP contribution in [0.2, 0.25) is 0 Å². The summed E-state index contributed by atoms with van der Waals surface area (Å²) >= 11 is 0. The summed E-state index contributed by atoms with van der Waals surface area (Å²) in [5, 5.41) is 8.94. The van der Waals surface area contributed by atoms with Gasteiger partial charge in [-0.15, -0.1) is 0 Å². The van der Waals surface area contributed by atoms with Crippen LogP contribution in [0, 0.1) is 18.3 Å². The van der Waals surface area contributed by atoms with Crippen molar-refractivity contribution >= 4 is 9.84 Å². The molecule has 0 aromatic heterocycles. The Hall–Kier alpha value is -2.32. The minimum absolute atomic E-state index is 0.00929. The Morgan fingerprint density at radius 3 is 2.48 bits per heavy atom. The molecule has 0 aliphatic heterocycles. The van der Waals surface area contributed by atoms with E-state index >= 15 is 0 Å². The van der Waals surface area contributed by atoms with E-state index in [4.69, 9.17) is 10.00 Å². The molecule has 2 aromatic carbocycles. The number of ether oxygens (including phenoxy) is 1. The molecular formula is C16H15NO3S. The molecule has 4 nitrogen and oxygen atoms in total. The number of nitriles is 1. The van der Waals surface area contributed by atoms with Crippen molar-refractivity contribution < 1.29 is 13.2 Å². The monoisotopic (exact) mass is 301 g/mol. The lowest BCUT2D eigenvalue weighted by Crippen LogP contribution is -2.15. The lowest BCUT2D eigenvalue weighted by molar-refractivity contribution is 0.340. The first kappa shape index (κ1) is 15.1. The van der Waals surface area contributed by atoms with Gasteiger partial charge >= 0.3 is 0 Å². The maximum absolute atomic E-state index is 12.3. The Morgan fingerprint density at radius 2 is 1.76 bits per heavy atom. The third-order valence-corrected chi connectivity index (χ3v) is 4.88. The van der Waals surface area contributed by atoms with Gasteiger partial charge in [0.05, 0.1) is 16.2 Å². The minimum Gasteiger partial charge on any atom is -0.491 e. The summed E-state index contributed by atoms with van der Waals surface area (Å²) in [4.78, 5) is 0.321. The average Bonchev–Trinajstić information content (AvgIpc) is 2.48. The molecule has 0 atom stereocenters. The van der Waals surface area contributed by atoms with Crippen molar-refractivity contribution in [3.8, 4) is 11.8 Å². The molecule has 0 saturated carbocycles. The zero-order valence-electron chi connectivity index (χ0n) is 11.6. The number of nitrogens with zero attached hydrogens (tertiary/aromatic N) is 1. The lowest BCUT2D eigenvalue weighted by atomic mass is 10.2. The molecule has 0 heterocycles. The molecule has 0 saturated heterocycles. The fourth-order valence-electron chi connectivity index (χ4n) is 1.96. The molecule has 2 aromatic rings.